The predicted octanol–water partition coefficient (Wildman–Crippen LogP) is 5.73. The fraction of sp³-hybridized carbons (Fsp3) is 0.355. The molecule has 7 nitrogen and oxygen atoms in total. The highest BCUT2D eigenvalue weighted by molar-refractivity contribution is 7.92. The van der Waals surface area contributed by atoms with E-state index in [1.165, 1.54) is 17.0 Å². The zero-order chi connectivity index (χ0) is 29.4. The largest absolute Gasteiger partial charge is 0.354 e. The van der Waals surface area contributed by atoms with Crippen molar-refractivity contribution < 1.29 is 18.0 Å². The highest BCUT2D eigenvalue weighted by Crippen LogP contribution is 2.26. The molecule has 1 N–H and O–H groups in total. The minimum absolute atomic E-state index is 0.0540. The van der Waals surface area contributed by atoms with Crippen molar-refractivity contribution in [2.75, 3.05) is 17.4 Å². The quantitative estimate of drug-likeness (QED) is 0.295. The van der Waals surface area contributed by atoms with E-state index in [4.69, 9.17) is 11.6 Å². The molecule has 0 unspecified atom stereocenters. The molecule has 0 saturated carbocycles. The van der Waals surface area contributed by atoms with E-state index in [0.29, 0.717) is 29.2 Å². The molecule has 3 rings (SSSR count). The van der Waals surface area contributed by atoms with Crippen LogP contribution < -0.4 is 9.62 Å². The van der Waals surface area contributed by atoms with Gasteiger partial charge < -0.3 is 10.2 Å². The smallest absolute Gasteiger partial charge is 0.264 e. The average molecular weight is 584 g/mol. The summed E-state index contributed by atoms with van der Waals surface area (Å²) in [5.41, 5.74) is 2.89. The molecule has 0 fully saturated rings. The Morgan fingerprint density at radius 3 is 2.02 bits per heavy atom. The first-order valence-electron chi connectivity index (χ1n) is 13.4. The first kappa shape index (κ1) is 31.2. The molecule has 214 valence electrons. The second-order valence-corrected chi connectivity index (χ2v) is 12.6. The molecule has 1 atom stereocenters. The number of hydrogen-bond donors (Lipinski definition) is 1. The van der Waals surface area contributed by atoms with Crippen LogP contribution in [-0.2, 0) is 26.2 Å². The van der Waals surface area contributed by atoms with E-state index >= 15 is 0 Å². The summed E-state index contributed by atoms with van der Waals surface area (Å²) in [6, 6.07) is 19.8. The lowest BCUT2D eigenvalue weighted by atomic mass is 10.1. The third-order valence-corrected chi connectivity index (χ3v) is 8.74. The molecule has 0 aromatic heterocycles. The van der Waals surface area contributed by atoms with Crippen LogP contribution in [0.15, 0.2) is 77.7 Å². The van der Waals surface area contributed by atoms with Crippen LogP contribution >= 0.6 is 11.6 Å². The Labute approximate surface area is 243 Å². The summed E-state index contributed by atoms with van der Waals surface area (Å²) in [7, 11) is -4.11. The fourth-order valence-electron chi connectivity index (χ4n) is 4.23. The first-order chi connectivity index (χ1) is 18.9. The van der Waals surface area contributed by atoms with E-state index in [1.807, 2.05) is 40.7 Å². The highest BCUT2D eigenvalue weighted by Gasteiger charge is 2.34. The van der Waals surface area contributed by atoms with Crippen LogP contribution in [0.1, 0.15) is 43.9 Å². The molecule has 0 spiro atoms. The van der Waals surface area contributed by atoms with Crippen LogP contribution in [0.25, 0.3) is 0 Å². The van der Waals surface area contributed by atoms with E-state index in [9.17, 15) is 18.0 Å². The van der Waals surface area contributed by atoms with Gasteiger partial charge in [0.25, 0.3) is 10.0 Å². The van der Waals surface area contributed by atoms with Crippen molar-refractivity contribution in [3.8, 4) is 0 Å². The van der Waals surface area contributed by atoms with E-state index in [0.717, 1.165) is 15.4 Å². The van der Waals surface area contributed by atoms with Gasteiger partial charge in [0.2, 0.25) is 11.8 Å². The van der Waals surface area contributed by atoms with E-state index < -0.39 is 28.5 Å². The standard InChI is InChI=1S/C31H38ClN3O4S/c1-6-29(31(37)33-19-22(2)3)34(20-25-9-7-8-10-28(25)32)30(36)21-35(26-15-11-23(4)12-16-26)40(38,39)27-17-13-24(5)14-18-27/h7-18,22,29H,6,19-21H2,1-5H3,(H,33,37)/t29-/m0/s1. The van der Waals surface area contributed by atoms with Crippen LogP contribution in [0.2, 0.25) is 5.02 Å². The van der Waals surface area contributed by atoms with Gasteiger partial charge in [-0.05, 0) is 62.1 Å². The van der Waals surface area contributed by atoms with Crippen molar-refractivity contribution in [1.29, 1.82) is 0 Å². The maximum atomic E-state index is 14.1. The molecule has 0 saturated heterocycles. The Morgan fingerprint density at radius 1 is 0.900 bits per heavy atom. The van der Waals surface area contributed by atoms with Crippen molar-refractivity contribution in [3.63, 3.8) is 0 Å². The Hall–Kier alpha value is -3.36. The van der Waals surface area contributed by atoms with Gasteiger partial charge in [0.15, 0.2) is 0 Å². The van der Waals surface area contributed by atoms with Crippen LogP contribution in [0.4, 0.5) is 5.69 Å². The molecular formula is C31H38ClN3O4S. The number of hydrogen-bond acceptors (Lipinski definition) is 4. The zero-order valence-electron chi connectivity index (χ0n) is 23.7. The summed E-state index contributed by atoms with van der Waals surface area (Å²) >= 11 is 6.44. The number of halogens is 1. The van der Waals surface area contributed by atoms with Crippen molar-refractivity contribution in [3.05, 3.63) is 94.5 Å². The minimum Gasteiger partial charge on any atom is -0.354 e. The number of nitrogens with zero attached hydrogens (tertiary/aromatic N) is 2. The number of carbonyl (C=O) groups excluding carboxylic acids is 2. The summed E-state index contributed by atoms with van der Waals surface area (Å²) in [5, 5.41) is 3.38. The average Bonchev–Trinajstić information content (AvgIpc) is 2.92. The molecule has 9 heteroatoms. The Bertz CT molecular complexity index is 1410. The molecule has 0 aliphatic carbocycles. The van der Waals surface area contributed by atoms with Crippen molar-refractivity contribution >= 4 is 39.1 Å². The number of nitrogens with one attached hydrogen (secondary N) is 1. The zero-order valence-corrected chi connectivity index (χ0v) is 25.3. The summed E-state index contributed by atoms with van der Waals surface area (Å²) in [5.74, 6) is -0.575. The van der Waals surface area contributed by atoms with Crippen LogP contribution in [0.5, 0.6) is 0 Å². The van der Waals surface area contributed by atoms with Gasteiger partial charge in [0.1, 0.15) is 12.6 Å². The van der Waals surface area contributed by atoms with Gasteiger partial charge in [-0.25, -0.2) is 8.42 Å². The molecule has 0 aliphatic heterocycles. The summed E-state index contributed by atoms with van der Waals surface area (Å²) in [4.78, 5) is 28.9. The first-order valence-corrected chi connectivity index (χ1v) is 15.2. The Morgan fingerprint density at radius 2 is 1.48 bits per heavy atom. The third-order valence-electron chi connectivity index (χ3n) is 6.58. The monoisotopic (exact) mass is 583 g/mol. The molecule has 0 aliphatic rings. The molecule has 40 heavy (non-hydrogen) atoms. The number of aryl methyl sites for hydroxylation is 2. The van der Waals surface area contributed by atoms with E-state index in [1.54, 1.807) is 54.6 Å². The van der Waals surface area contributed by atoms with E-state index in [2.05, 4.69) is 5.32 Å². The molecule has 0 heterocycles. The van der Waals surface area contributed by atoms with Gasteiger partial charge in [0.05, 0.1) is 10.6 Å². The number of carbonyl (C=O) groups is 2. The van der Waals surface area contributed by atoms with Crippen LogP contribution in [0, 0.1) is 19.8 Å². The number of rotatable bonds is 12. The predicted molar refractivity (Wildman–Crippen MR) is 161 cm³/mol. The van der Waals surface area contributed by atoms with Crippen molar-refractivity contribution in [1.82, 2.24) is 10.2 Å². The van der Waals surface area contributed by atoms with Gasteiger partial charge in [-0.3, -0.25) is 13.9 Å². The molecule has 0 radical (unpaired) electrons. The normalized spacial score (nSPS) is 12.2. The van der Waals surface area contributed by atoms with E-state index in [-0.39, 0.29) is 23.3 Å². The van der Waals surface area contributed by atoms with Gasteiger partial charge >= 0.3 is 0 Å². The lowest BCUT2D eigenvalue weighted by Crippen LogP contribution is -2.52. The Balaban J connectivity index is 2.05. The van der Waals surface area contributed by atoms with Crippen LogP contribution in [-0.4, -0.2) is 44.3 Å². The second-order valence-electron chi connectivity index (χ2n) is 10.3. The maximum absolute atomic E-state index is 14.1. The number of sulfonamides is 1. The number of anilines is 1. The summed E-state index contributed by atoms with van der Waals surface area (Å²) in [6.45, 7) is 9.61. The molecule has 3 aromatic rings. The molecule has 3 aromatic carbocycles. The maximum Gasteiger partial charge on any atom is 0.264 e. The lowest BCUT2D eigenvalue weighted by molar-refractivity contribution is -0.140. The number of amides is 2. The summed E-state index contributed by atoms with van der Waals surface area (Å²) in [6.07, 6.45) is 0.343. The topological polar surface area (TPSA) is 86.8 Å². The number of benzene rings is 3. The van der Waals surface area contributed by atoms with Crippen molar-refractivity contribution in [2.45, 2.75) is 58.5 Å². The molecule has 2 amide bonds. The summed E-state index contributed by atoms with van der Waals surface area (Å²) < 4.78 is 28.9. The van der Waals surface area contributed by atoms with Crippen LogP contribution in [0.3, 0.4) is 0 Å². The van der Waals surface area contributed by atoms with Gasteiger partial charge in [-0.15, -0.1) is 0 Å². The fourth-order valence-corrected chi connectivity index (χ4v) is 5.84. The third kappa shape index (κ3) is 7.86. The van der Waals surface area contributed by atoms with Crippen molar-refractivity contribution in [2.24, 2.45) is 5.92 Å². The van der Waals surface area contributed by atoms with Gasteiger partial charge in [0, 0.05) is 18.1 Å². The molecular weight excluding hydrogens is 546 g/mol. The minimum atomic E-state index is -4.11. The Kier molecular flexibility index (Phi) is 10.8. The van der Waals surface area contributed by atoms with Gasteiger partial charge in [-0.2, -0.15) is 0 Å². The lowest BCUT2D eigenvalue weighted by Gasteiger charge is -2.33. The van der Waals surface area contributed by atoms with Gasteiger partial charge in [-0.1, -0.05) is 86.0 Å². The molecule has 0 bridgehead atoms. The second kappa shape index (κ2) is 13.8. The highest BCUT2D eigenvalue weighted by atomic mass is 35.5. The SMILES string of the molecule is CC[C@@H](C(=O)NCC(C)C)N(Cc1ccccc1Cl)C(=O)CN(c1ccc(C)cc1)S(=O)(=O)c1ccc(C)cc1.